The van der Waals surface area contributed by atoms with Crippen LogP contribution < -0.4 is 4.74 Å². The van der Waals surface area contributed by atoms with Gasteiger partial charge in [0.1, 0.15) is 5.75 Å². The van der Waals surface area contributed by atoms with E-state index in [-0.39, 0.29) is 5.56 Å². The zero-order valence-electron chi connectivity index (χ0n) is 13.3. The number of ether oxygens (including phenoxy) is 1. The number of rotatable bonds is 3. The number of hydrogen-bond acceptors (Lipinski definition) is 3. The Hall–Kier alpha value is -2.88. The summed E-state index contributed by atoms with van der Waals surface area (Å²) in [6, 6.07) is 13.0. The molecule has 0 aliphatic rings. The van der Waals surface area contributed by atoms with Crippen LogP contribution in [0.4, 0.5) is 0 Å². The highest BCUT2D eigenvalue weighted by atomic mass is 16.5. The number of carboxylic acid groups (broad SMARTS) is 1. The van der Waals surface area contributed by atoms with E-state index in [4.69, 9.17) is 4.74 Å². The van der Waals surface area contributed by atoms with E-state index in [1.54, 1.807) is 13.2 Å². The molecule has 0 radical (unpaired) electrons. The summed E-state index contributed by atoms with van der Waals surface area (Å²) in [6.45, 7) is 3.89. The van der Waals surface area contributed by atoms with Gasteiger partial charge in [-0.3, -0.25) is 0 Å². The molecular weight excluding hydrogens is 290 g/mol. The first-order valence-electron chi connectivity index (χ1n) is 7.29. The molecule has 116 valence electrons. The normalized spacial score (nSPS) is 10.7. The number of aryl methyl sites for hydroxylation is 2. The Morgan fingerprint density at radius 2 is 1.87 bits per heavy atom. The number of nitrogens with zero attached hydrogens (tertiary/aromatic N) is 1. The highest BCUT2D eigenvalue weighted by Crippen LogP contribution is 2.29. The molecule has 23 heavy (non-hydrogen) atoms. The van der Waals surface area contributed by atoms with Crippen LogP contribution in [-0.4, -0.2) is 23.2 Å². The van der Waals surface area contributed by atoms with Gasteiger partial charge in [-0.15, -0.1) is 0 Å². The number of fused-ring (bicyclic) bond motifs is 1. The molecule has 1 aromatic heterocycles. The summed E-state index contributed by atoms with van der Waals surface area (Å²) >= 11 is 0. The van der Waals surface area contributed by atoms with Crippen LogP contribution in [0.5, 0.6) is 5.75 Å². The quantitative estimate of drug-likeness (QED) is 0.787. The molecule has 1 heterocycles. The third-order valence-corrected chi connectivity index (χ3v) is 3.90. The average molecular weight is 307 g/mol. The lowest BCUT2D eigenvalue weighted by atomic mass is 10.00. The topological polar surface area (TPSA) is 59.4 Å². The number of pyridine rings is 1. The van der Waals surface area contributed by atoms with Crippen molar-refractivity contribution >= 4 is 16.9 Å². The third-order valence-electron chi connectivity index (χ3n) is 3.90. The first-order chi connectivity index (χ1) is 11.0. The predicted molar refractivity (Wildman–Crippen MR) is 90.2 cm³/mol. The smallest absolute Gasteiger partial charge is 0.336 e. The maximum Gasteiger partial charge on any atom is 0.336 e. The maximum atomic E-state index is 11.6. The SMILES string of the molecule is COc1ccc(-c2cc(C(=O)O)c3cc(C)ccc3n2)c(C)c1. The van der Waals surface area contributed by atoms with E-state index in [2.05, 4.69) is 4.98 Å². The molecule has 0 aliphatic heterocycles. The molecule has 0 spiro atoms. The number of carbonyl (C=O) groups is 1. The summed E-state index contributed by atoms with van der Waals surface area (Å²) in [7, 11) is 1.62. The second kappa shape index (κ2) is 5.72. The van der Waals surface area contributed by atoms with Gasteiger partial charge < -0.3 is 9.84 Å². The van der Waals surface area contributed by atoms with Crippen LogP contribution in [0.15, 0.2) is 42.5 Å². The number of aromatic nitrogens is 1. The van der Waals surface area contributed by atoms with Crippen molar-refractivity contribution in [1.29, 1.82) is 0 Å². The number of aromatic carboxylic acids is 1. The lowest BCUT2D eigenvalue weighted by Crippen LogP contribution is -2.01. The summed E-state index contributed by atoms with van der Waals surface area (Å²) < 4.78 is 5.22. The van der Waals surface area contributed by atoms with Gasteiger partial charge in [-0.05, 0) is 55.8 Å². The number of hydrogen-bond donors (Lipinski definition) is 1. The van der Waals surface area contributed by atoms with Crippen molar-refractivity contribution in [3.8, 4) is 17.0 Å². The van der Waals surface area contributed by atoms with Crippen molar-refractivity contribution in [3.63, 3.8) is 0 Å². The fraction of sp³-hybridized carbons (Fsp3) is 0.158. The summed E-state index contributed by atoms with van der Waals surface area (Å²) in [4.78, 5) is 16.3. The Morgan fingerprint density at radius 1 is 1.09 bits per heavy atom. The molecule has 3 rings (SSSR count). The zero-order valence-corrected chi connectivity index (χ0v) is 13.3. The number of benzene rings is 2. The average Bonchev–Trinajstić information content (AvgIpc) is 2.53. The van der Waals surface area contributed by atoms with Crippen molar-refractivity contribution in [1.82, 2.24) is 4.98 Å². The first-order valence-corrected chi connectivity index (χ1v) is 7.29. The van der Waals surface area contributed by atoms with Crippen LogP contribution in [0.25, 0.3) is 22.2 Å². The molecule has 4 nitrogen and oxygen atoms in total. The van der Waals surface area contributed by atoms with Crippen LogP contribution in [0.1, 0.15) is 21.5 Å². The van der Waals surface area contributed by atoms with Crippen LogP contribution in [0.2, 0.25) is 0 Å². The fourth-order valence-corrected chi connectivity index (χ4v) is 2.71. The minimum absolute atomic E-state index is 0.268. The molecule has 3 aromatic rings. The van der Waals surface area contributed by atoms with E-state index >= 15 is 0 Å². The van der Waals surface area contributed by atoms with Gasteiger partial charge in [0, 0.05) is 10.9 Å². The molecule has 0 atom stereocenters. The van der Waals surface area contributed by atoms with Crippen molar-refractivity contribution in [2.24, 2.45) is 0 Å². The highest BCUT2D eigenvalue weighted by Gasteiger charge is 2.14. The number of methoxy groups -OCH3 is 1. The maximum absolute atomic E-state index is 11.6. The summed E-state index contributed by atoms with van der Waals surface area (Å²) in [5.41, 5.74) is 4.49. The summed E-state index contributed by atoms with van der Waals surface area (Å²) in [6.07, 6.45) is 0. The van der Waals surface area contributed by atoms with Gasteiger partial charge in [-0.1, -0.05) is 11.6 Å². The monoisotopic (exact) mass is 307 g/mol. The standard InChI is InChI=1S/C19H17NO3/c1-11-4-7-17-15(8-11)16(19(21)22)10-18(20-17)14-6-5-13(23-3)9-12(14)2/h4-10H,1-3H3,(H,21,22). The highest BCUT2D eigenvalue weighted by molar-refractivity contribution is 6.04. The Labute approximate surface area is 134 Å². The first kappa shape index (κ1) is 15.0. The molecule has 0 unspecified atom stereocenters. The molecule has 0 bridgehead atoms. The molecule has 0 fully saturated rings. The lowest BCUT2D eigenvalue weighted by Gasteiger charge is -2.11. The van der Waals surface area contributed by atoms with Crippen LogP contribution in [0, 0.1) is 13.8 Å². The van der Waals surface area contributed by atoms with Crippen molar-refractivity contribution in [3.05, 3.63) is 59.2 Å². The van der Waals surface area contributed by atoms with E-state index in [1.807, 2.05) is 50.2 Å². The summed E-state index contributed by atoms with van der Waals surface area (Å²) in [5.74, 6) is -0.184. The van der Waals surface area contributed by atoms with Crippen LogP contribution >= 0.6 is 0 Å². The number of carboxylic acids is 1. The molecule has 0 saturated carbocycles. The van der Waals surface area contributed by atoms with Crippen LogP contribution in [0.3, 0.4) is 0 Å². The van der Waals surface area contributed by atoms with Crippen molar-refractivity contribution in [2.45, 2.75) is 13.8 Å². The van der Waals surface area contributed by atoms with Gasteiger partial charge in [-0.25, -0.2) is 9.78 Å². The molecule has 1 N–H and O–H groups in total. The third kappa shape index (κ3) is 2.75. The Bertz CT molecular complexity index is 916. The van der Waals surface area contributed by atoms with E-state index in [0.717, 1.165) is 22.4 Å². The van der Waals surface area contributed by atoms with Crippen molar-refractivity contribution in [2.75, 3.05) is 7.11 Å². The van der Waals surface area contributed by atoms with Crippen molar-refractivity contribution < 1.29 is 14.6 Å². The van der Waals surface area contributed by atoms with E-state index in [1.165, 1.54) is 0 Å². The van der Waals surface area contributed by atoms with Gasteiger partial charge in [0.05, 0.1) is 23.9 Å². The minimum Gasteiger partial charge on any atom is -0.497 e. The molecule has 0 aliphatic carbocycles. The van der Waals surface area contributed by atoms with E-state index in [9.17, 15) is 9.90 Å². The predicted octanol–water partition coefficient (Wildman–Crippen LogP) is 4.23. The second-order valence-electron chi connectivity index (χ2n) is 5.56. The van der Waals surface area contributed by atoms with Gasteiger partial charge in [0.25, 0.3) is 0 Å². The van der Waals surface area contributed by atoms with Crippen LogP contribution in [-0.2, 0) is 0 Å². The molecule has 0 amide bonds. The van der Waals surface area contributed by atoms with Gasteiger partial charge in [0.2, 0.25) is 0 Å². The molecular formula is C19H17NO3. The Kier molecular flexibility index (Phi) is 3.74. The van der Waals surface area contributed by atoms with Gasteiger partial charge in [-0.2, -0.15) is 0 Å². The fourth-order valence-electron chi connectivity index (χ4n) is 2.71. The zero-order chi connectivity index (χ0) is 16.6. The minimum atomic E-state index is -0.949. The Morgan fingerprint density at radius 3 is 2.52 bits per heavy atom. The molecule has 4 heteroatoms. The van der Waals surface area contributed by atoms with Gasteiger partial charge >= 0.3 is 5.97 Å². The van der Waals surface area contributed by atoms with E-state index in [0.29, 0.717) is 16.6 Å². The van der Waals surface area contributed by atoms with E-state index < -0.39 is 5.97 Å². The Balaban J connectivity index is 2.27. The molecule has 0 saturated heterocycles. The second-order valence-corrected chi connectivity index (χ2v) is 5.56. The lowest BCUT2D eigenvalue weighted by molar-refractivity contribution is 0.0699. The summed E-state index contributed by atoms with van der Waals surface area (Å²) in [5, 5.41) is 10.2. The van der Waals surface area contributed by atoms with Gasteiger partial charge in [0.15, 0.2) is 0 Å². The molecule has 2 aromatic carbocycles. The largest absolute Gasteiger partial charge is 0.497 e.